The summed E-state index contributed by atoms with van der Waals surface area (Å²) < 4.78 is 0. The zero-order chi connectivity index (χ0) is 20.4. The minimum atomic E-state index is -0.290. The van der Waals surface area contributed by atoms with Gasteiger partial charge >= 0.3 is 0 Å². The maximum absolute atomic E-state index is 12.7. The Morgan fingerprint density at radius 1 is 1.07 bits per heavy atom. The standard InChI is InChI=1S/C22H21N3O3S/c23-20(26)15-9-11-25(12-10-15)22(28)16-7-5-14(6-8-16)13-19-21(27)24-17-3-1-2-4-18(17)29-19/h1-8,13,15H,9-12H2,(H2,23,26)(H,24,27)/b19-13+. The van der Waals surface area contributed by atoms with E-state index in [-0.39, 0.29) is 23.6 Å². The highest BCUT2D eigenvalue weighted by Gasteiger charge is 2.26. The van der Waals surface area contributed by atoms with Gasteiger partial charge in [0.25, 0.3) is 11.8 Å². The number of thioether (sulfide) groups is 1. The van der Waals surface area contributed by atoms with Crippen LogP contribution in [0, 0.1) is 5.92 Å². The first-order chi connectivity index (χ1) is 14.0. The third kappa shape index (κ3) is 4.19. The topological polar surface area (TPSA) is 92.5 Å². The molecule has 0 spiro atoms. The summed E-state index contributed by atoms with van der Waals surface area (Å²) in [6, 6.07) is 14.9. The van der Waals surface area contributed by atoms with Gasteiger partial charge in [-0.2, -0.15) is 0 Å². The summed E-state index contributed by atoms with van der Waals surface area (Å²) in [5.41, 5.74) is 7.62. The first-order valence-electron chi connectivity index (χ1n) is 9.50. The third-order valence-corrected chi connectivity index (χ3v) is 6.32. The van der Waals surface area contributed by atoms with Crippen molar-refractivity contribution in [2.45, 2.75) is 17.7 Å². The summed E-state index contributed by atoms with van der Waals surface area (Å²) in [4.78, 5) is 39.7. The van der Waals surface area contributed by atoms with Gasteiger partial charge in [0.05, 0.1) is 10.6 Å². The Balaban J connectivity index is 1.44. The number of carbonyl (C=O) groups excluding carboxylic acids is 3. The number of fused-ring (bicyclic) bond motifs is 1. The highest BCUT2D eigenvalue weighted by molar-refractivity contribution is 8.04. The summed E-state index contributed by atoms with van der Waals surface area (Å²) in [6.45, 7) is 1.07. The lowest BCUT2D eigenvalue weighted by Crippen LogP contribution is -2.41. The average molecular weight is 407 g/mol. The van der Waals surface area contributed by atoms with Gasteiger partial charge in [-0.1, -0.05) is 36.0 Å². The minimum Gasteiger partial charge on any atom is -0.369 e. The van der Waals surface area contributed by atoms with E-state index >= 15 is 0 Å². The summed E-state index contributed by atoms with van der Waals surface area (Å²) in [6.07, 6.45) is 3.04. The van der Waals surface area contributed by atoms with Crippen LogP contribution in [0.2, 0.25) is 0 Å². The van der Waals surface area contributed by atoms with Crippen molar-refractivity contribution in [3.8, 4) is 0 Å². The molecule has 7 heteroatoms. The van der Waals surface area contributed by atoms with Crippen molar-refractivity contribution in [1.29, 1.82) is 0 Å². The largest absolute Gasteiger partial charge is 0.369 e. The van der Waals surface area contributed by atoms with Crippen LogP contribution in [0.5, 0.6) is 0 Å². The number of nitrogens with zero attached hydrogens (tertiary/aromatic N) is 1. The van der Waals surface area contributed by atoms with Gasteiger partial charge in [0.15, 0.2) is 0 Å². The molecule has 2 aromatic rings. The SMILES string of the molecule is NC(=O)C1CCN(C(=O)c2ccc(/C=C3/Sc4ccccc4NC3=O)cc2)CC1. The number of amides is 3. The van der Waals surface area contributed by atoms with Gasteiger partial charge in [0.2, 0.25) is 5.91 Å². The second kappa shape index (κ2) is 8.13. The molecule has 0 atom stereocenters. The van der Waals surface area contributed by atoms with Gasteiger partial charge in [-0.25, -0.2) is 0 Å². The molecular formula is C22H21N3O3S. The number of likely N-dealkylation sites (tertiary alicyclic amines) is 1. The Morgan fingerprint density at radius 3 is 2.45 bits per heavy atom. The van der Waals surface area contributed by atoms with Crippen LogP contribution in [0.4, 0.5) is 5.69 Å². The number of rotatable bonds is 3. The molecule has 2 heterocycles. The van der Waals surface area contributed by atoms with Gasteiger partial charge in [0, 0.05) is 29.5 Å². The number of carbonyl (C=O) groups is 3. The van der Waals surface area contributed by atoms with Crippen molar-refractivity contribution >= 4 is 41.2 Å². The number of nitrogens with one attached hydrogen (secondary N) is 1. The fourth-order valence-corrected chi connectivity index (χ4v) is 4.48. The molecule has 2 aliphatic rings. The molecular weight excluding hydrogens is 386 g/mol. The van der Waals surface area contributed by atoms with E-state index in [1.807, 2.05) is 42.5 Å². The molecule has 2 aliphatic heterocycles. The monoisotopic (exact) mass is 407 g/mol. The molecule has 3 N–H and O–H groups in total. The molecule has 0 radical (unpaired) electrons. The van der Waals surface area contributed by atoms with Crippen LogP contribution in [-0.2, 0) is 9.59 Å². The molecule has 29 heavy (non-hydrogen) atoms. The van der Waals surface area contributed by atoms with Crippen LogP contribution in [0.15, 0.2) is 58.3 Å². The molecule has 0 unspecified atom stereocenters. The predicted molar refractivity (Wildman–Crippen MR) is 113 cm³/mol. The van der Waals surface area contributed by atoms with Crippen molar-refractivity contribution in [1.82, 2.24) is 4.90 Å². The Hall–Kier alpha value is -3.06. The smallest absolute Gasteiger partial charge is 0.262 e. The second-order valence-corrected chi connectivity index (χ2v) is 8.24. The maximum atomic E-state index is 12.7. The van der Waals surface area contributed by atoms with E-state index in [1.54, 1.807) is 17.0 Å². The van der Waals surface area contributed by atoms with Gasteiger partial charge in [-0.05, 0) is 48.7 Å². The predicted octanol–water partition coefficient (Wildman–Crippen LogP) is 3.11. The molecule has 0 aromatic heterocycles. The number of hydrogen-bond donors (Lipinski definition) is 2. The number of primary amides is 1. The van der Waals surface area contributed by atoms with E-state index in [4.69, 9.17) is 5.73 Å². The van der Waals surface area contributed by atoms with Gasteiger partial charge in [0.1, 0.15) is 0 Å². The summed E-state index contributed by atoms with van der Waals surface area (Å²) >= 11 is 1.43. The minimum absolute atomic E-state index is 0.0502. The van der Waals surface area contributed by atoms with E-state index in [2.05, 4.69) is 5.32 Å². The number of anilines is 1. The Bertz CT molecular complexity index is 993. The summed E-state index contributed by atoms with van der Waals surface area (Å²) in [5.74, 6) is -0.615. The third-order valence-electron chi connectivity index (χ3n) is 5.22. The van der Waals surface area contributed by atoms with Gasteiger partial charge < -0.3 is 16.0 Å². The van der Waals surface area contributed by atoms with Crippen molar-refractivity contribution < 1.29 is 14.4 Å². The molecule has 148 valence electrons. The van der Waals surface area contributed by atoms with Gasteiger partial charge in [-0.3, -0.25) is 14.4 Å². The van der Waals surface area contributed by atoms with Crippen LogP contribution in [0.25, 0.3) is 6.08 Å². The maximum Gasteiger partial charge on any atom is 0.262 e. The first kappa shape index (κ1) is 19.3. The fourth-order valence-electron chi connectivity index (χ4n) is 3.53. The molecule has 1 fully saturated rings. The van der Waals surface area contributed by atoms with Crippen molar-refractivity contribution in [3.05, 3.63) is 64.6 Å². The summed E-state index contributed by atoms with van der Waals surface area (Å²) in [5, 5.41) is 2.89. The molecule has 1 saturated heterocycles. The molecule has 6 nitrogen and oxygen atoms in total. The first-order valence-corrected chi connectivity index (χ1v) is 10.3. The number of benzene rings is 2. The molecule has 0 bridgehead atoms. The molecule has 0 aliphatic carbocycles. The zero-order valence-electron chi connectivity index (χ0n) is 15.8. The van der Waals surface area contributed by atoms with E-state index < -0.39 is 0 Å². The summed E-state index contributed by atoms with van der Waals surface area (Å²) in [7, 11) is 0. The lowest BCUT2D eigenvalue weighted by atomic mass is 9.96. The quantitative estimate of drug-likeness (QED) is 0.765. The lowest BCUT2D eigenvalue weighted by molar-refractivity contribution is -0.123. The van der Waals surface area contributed by atoms with E-state index in [9.17, 15) is 14.4 Å². The van der Waals surface area contributed by atoms with Crippen LogP contribution in [-0.4, -0.2) is 35.7 Å². The number of piperidine rings is 1. The average Bonchev–Trinajstić information content (AvgIpc) is 2.74. The molecule has 0 saturated carbocycles. The number of para-hydroxylation sites is 1. The number of nitrogens with two attached hydrogens (primary N) is 1. The van der Waals surface area contributed by atoms with Crippen molar-refractivity contribution in [2.75, 3.05) is 18.4 Å². The molecule has 3 amide bonds. The second-order valence-electron chi connectivity index (χ2n) is 7.15. The Labute approximate surface area is 173 Å². The Kier molecular flexibility index (Phi) is 5.40. The van der Waals surface area contributed by atoms with E-state index in [0.717, 1.165) is 16.1 Å². The highest BCUT2D eigenvalue weighted by atomic mass is 32.2. The van der Waals surface area contributed by atoms with Gasteiger partial charge in [-0.15, -0.1) is 0 Å². The Morgan fingerprint density at radius 2 is 1.76 bits per heavy atom. The van der Waals surface area contributed by atoms with Crippen LogP contribution in [0.1, 0.15) is 28.8 Å². The molecule has 4 rings (SSSR count). The fraction of sp³-hybridized carbons (Fsp3) is 0.227. The number of hydrogen-bond acceptors (Lipinski definition) is 4. The highest BCUT2D eigenvalue weighted by Crippen LogP contribution is 2.38. The zero-order valence-corrected chi connectivity index (χ0v) is 16.6. The van der Waals surface area contributed by atoms with Crippen molar-refractivity contribution in [2.24, 2.45) is 11.7 Å². The molecule has 2 aromatic carbocycles. The van der Waals surface area contributed by atoms with Crippen molar-refractivity contribution in [3.63, 3.8) is 0 Å². The van der Waals surface area contributed by atoms with E-state index in [1.165, 1.54) is 11.8 Å². The van der Waals surface area contributed by atoms with Crippen LogP contribution >= 0.6 is 11.8 Å². The van der Waals surface area contributed by atoms with Crippen LogP contribution in [0.3, 0.4) is 0 Å². The lowest BCUT2D eigenvalue weighted by Gasteiger charge is -2.30. The normalized spacial score (nSPS) is 18.3. The van der Waals surface area contributed by atoms with E-state index in [0.29, 0.717) is 36.4 Å². The van der Waals surface area contributed by atoms with Crippen LogP contribution < -0.4 is 11.1 Å².